The fourth-order valence-electron chi connectivity index (χ4n) is 2.16. The smallest absolute Gasteiger partial charge is 0.135 e. The number of hydrogen-bond acceptors (Lipinski definition) is 1. The number of rotatable bonds is 3. The molecular formula is C17H12BrClO. The molecule has 0 saturated heterocycles. The van der Waals surface area contributed by atoms with Gasteiger partial charge in [-0.05, 0) is 29.7 Å². The highest BCUT2D eigenvalue weighted by molar-refractivity contribution is 9.10. The molecule has 0 aliphatic carbocycles. The highest BCUT2D eigenvalue weighted by atomic mass is 79.9. The Bertz CT molecular complexity index is 750. The second-order valence-corrected chi connectivity index (χ2v) is 5.65. The van der Waals surface area contributed by atoms with Crippen LogP contribution in [0, 0.1) is 0 Å². The Morgan fingerprint density at radius 2 is 1.70 bits per heavy atom. The Balaban J connectivity index is 2.05. The molecule has 0 saturated carbocycles. The first-order chi connectivity index (χ1) is 9.78. The third kappa shape index (κ3) is 2.67. The summed E-state index contributed by atoms with van der Waals surface area (Å²) in [5, 5.41) is 2.26. The van der Waals surface area contributed by atoms with E-state index in [2.05, 4.69) is 34.1 Å². The van der Waals surface area contributed by atoms with E-state index in [4.69, 9.17) is 16.3 Å². The van der Waals surface area contributed by atoms with Crippen LogP contribution in [0.1, 0.15) is 5.56 Å². The second kappa shape index (κ2) is 5.86. The van der Waals surface area contributed by atoms with Crippen LogP contribution in [-0.2, 0) is 5.88 Å². The van der Waals surface area contributed by atoms with Gasteiger partial charge in [0.2, 0.25) is 0 Å². The molecule has 1 nitrogen and oxygen atoms in total. The zero-order valence-corrected chi connectivity index (χ0v) is 13.0. The number of fused-ring (bicyclic) bond motifs is 1. The normalized spacial score (nSPS) is 10.7. The van der Waals surface area contributed by atoms with Gasteiger partial charge in [-0.1, -0.05) is 52.3 Å². The van der Waals surface area contributed by atoms with Crippen molar-refractivity contribution in [1.29, 1.82) is 0 Å². The highest BCUT2D eigenvalue weighted by Crippen LogP contribution is 2.33. The van der Waals surface area contributed by atoms with Crippen LogP contribution in [0.4, 0.5) is 0 Å². The van der Waals surface area contributed by atoms with Gasteiger partial charge in [0.1, 0.15) is 11.5 Å². The van der Waals surface area contributed by atoms with E-state index in [0.29, 0.717) is 5.88 Å². The Morgan fingerprint density at radius 1 is 0.900 bits per heavy atom. The molecule has 0 spiro atoms. The number of hydrogen-bond donors (Lipinski definition) is 0. The topological polar surface area (TPSA) is 9.23 Å². The van der Waals surface area contributed by atoms with Crippen molar-refractivity contribution in [3.63, 3.8) is 0 Å². The fraction of sp³-hybridized carbons (Fsp3) is 0.0588. The first-order valence-electron chi connectivity index (χ1n) is 6.28. The highest BCUT2D eigenvalue weighted by Gasteiger charge is 2.07. The summed E-state index contributed by atoms with van der Waals surface area (Å²) in [6, 6.07) is 20.1. The lowest BCUT2D eigenvalue weighted by Crippen LogP contribution is -1.90. The van der Waals surface area contributed by atoms with Gasteiger partial charge in [0.25, 0.3) is 0 Å². The van der Waals surface area contributed by atoms with E-state index in [9.17, 15) is 0 Å². The quantitative estimate of drug-likeness (QED) is 0.518. The van der Waals surface area contributed by atoms with E-state index in [0.717, 1.165) is 32.3 Å². The summed E-state index contributed by atoms with van der Waals surface area (Å²) in [6.07, 6.45) is 0. The average molecular weight is 348 g/mol. The molecule has 3 aromatic carbocycles. The van der Waals surface area contributed by atoms with E-state index in [1.54, 1.807) is 0 Å². The predicted molar refractivity (Wildman–Crippen MR) is 87.7 cm³/mol. The monoisotopic (exact) mass is 346 g/mol. The van der Waals surface area contributed by atoms with Gasteiger partial charge in [-0.3, -0.25) is 0 Å². The van der Waals surface area contributed by atoms with Crippen molar-refractivity contribution in [2.45, 2.75) is 5.88 Å². The Kier molecular flexibility index (Phi) is 3.95. The summed E-state index contributed by atoms with van der Waals surface area (Å²) >= 11 is 9.44. The van der Waals surface area contributed by atoms with Gasteiger partial charge in [0, 0.05) is 15.4 Å². The molecule has 20 heavy (non-hydrogen) atoms. The zero-order chi connectivity index (χ0) is 13.9. The number of halogens is 2. The third-order valence-electron chi connectivity index (χ3n) is 3.14. The number of ether oxygens (including phenoxy) is 1. The van der Waals surface area contributed by atoms with Gasteiger partial charge in [-0.15, -0.1) is 11.6 Å². The number of alkyl halides is 1. The van der Waals surface area contributed by atoms with Crippen LogP contribution in [0.25, 0.3) is 10.8 Å². The van der Waals surface area contributed by atoms with Crippen LogP contribution in [0.5, 0.6) is 11.5 Å². The summed E-state index contributed by atoms with van der Waals surface area (Å²) in [6.45, 7) is 0. The minimum absolute atomic E-state index is 0.416. The van der Waals surface area contributed by atoms with E-state index >= 15 is 0 Å². The maximum absolute atomic E-state index is 6.06. The van der Waals surface area contributed by atoms with E-state index in [-0.39, 0.29) is 0 Å². The third-order valence-corrected chi connectivity index (χ3v) is 3.92. The maximum atomic E-state index is 6.06. The molecule has 0 aliphatic rings. The number of benzene rings is 3. The fourth-order valence-corrected chi connectivity index (χ4v) is 2.77. The van der Waals surface area contributed by atoms with Gasteiger partial charge in [0.15, 0.2) is 0 Å². The molecular weight excluding hydrogens is 336 g/mol. The van der Waals surface area contributed by atoms with Gasteiger partial charge in [0.05, 0.1) is 5.88 Å². The van der Waals surface area contributed by atoms with Crippen molar-refractivity contribution in [3.8, 4) is 11.5 Å². The molecule has 0 heterocycles. The van der Waals surface area contributed by atoms with Gasteiger partial charge < -0.3 is 4.74 Å². The van der Waals surface area contributed by atoms with Crippen LogP contribution < -0.4 is 4.74 Å². The van der Waals surface area contributed by atoms with Crippen molar-refractivity contribution in [2.75, 3.05) is 0 Å². The van der Waals surface area contributed by atoms with Gasteiger partial charge in [-0.25, -0.2) is 0 Å². The molecule has 3 aromatic rings. The lowest BCUT2D eigenvalue weighted by Gasteiger charge is -2.12. The molecule has 3 heteroatoms. The second-order valence-electron chi connectivity index (χ2n) is 4.47. The first-order valence-corrected chi connectivity index (χ1v) is 7.60. The molecule has 0 atom stereocenters. The van der Waals surface area contributed by atoms with E-state index in [1.807, 2.05) is 42.5 Å². The zero-order valence-electron chi connectivity index (χ0n) is 10.6. The minimum Gasteiger partial charge on any atom is -0.456 e. The van der Waals surface area contributed by atoms with Crippen LogP contribution in [0.2, 0.25) is 0 Å². The molecule has 0 fully saturated rings. The standard InChI is InChI=1S/C17H12BrClO/c18-14-8-9-16(13(10-14)11-19)20-17-7-3-5-12-4-1-2-6-15(12)17/h1-10H,11H2. The maximum Gasteiger partial charge on any atom is 0.135 e. The van der Waals surface area contributed by atoms with Crippen LogP contribution in [0.15, 0.2) is 65.1 Å². The summed E-state index contributed by atoms with van der Waals surface area (Å²) in [4.78, 5) is 0. The molecule has 0 unspecified atom stereocenters. The summed E-state index contributed by atoms with van der Waals surface area (Å²) < 4.78 is 7.06. The van der Waals surface area contributed by atoms with Gasteiger partial charge in [-0.2, -0.15) is 0 Å². The van der Waals surface area contributed by atoms with Crippen molar-refractivity contribution < 1.29 is 4.74 Å². The molecule has 3 rings (SSSR count). The van der Waals surface area contributed by atoms with Crippen LogP contribution >= 0.6 is 27.5 Å². The Hall–Kier alpha value is -1.51. The summed E-state index contributed by atoms with van der Waals surface area (Å²) in [5.74, 6) is 2.05. The largest absolute Gasteiger partial charge is 0.456 e. The van der Waals surface area contributed by atoms with E-state index < -0.39 is 0 Å². The van der Waals surface area contributed by atoms with Crippen molar-refractivity contribution in [1.82, 2.24) is 0 Å². The molecule has 0 aliphatic heterocycles. The molecule has 0 radical (unpaired) electrons. The minimum atomic E-state index is 0.416. The molecule has 100 valence electrons. The summed E-state index contributed by atoms with van der Waals surface area (Å²) in [5.41, 5.74) is 0.967. The SMILES string of the molecule is ClCc1cc(Br)ccc1Oc1cccc2ccccc12. The van der Waals surface area contributed by atoms with Gasteiger partial charge >= 0.3 is 0 Å². The van der Waals surface area contributed by atoms with Crippen molar-refractivity contribution >= 4 is 38.3 Å². The van der Waals surface area contributed by atoms with Crippen molar-refractivity contribution in [3.05, 3.63) is 70.7 Å². The van der Waals surface area contributed by atoms with Crippen LogP contribution in [-0.4, -0.2) is 0 Å². The van der Waals surface area contributed by atoms with Crippen LogP contribution in [0.3, 0.4) is 0 Å². The molecule has 0 N–H and O–H groups in total. The Labute approximate surface area is 131 Å². The lowest BCUT2D eigenvalue weighted by atomic mass is 10.1. The molecule has 0 bridgehead atoms. The Morgan fingerprint density at radius 3 is 2.55 bits per heavy atom. The average Bonchev–Trinajstić information content (AvgIpc) is 2.49. The van der Waals surface area contributed by atoms with E-state index in [1.165, 1.54) is 0 Å². The van der Waals surface area contributed by atoms with Crippen molar-refractivity contribution in [2.24, 2.45) is 0 Å². The first kappa shape index (κ1) is 13.5. The lowest BCUT2D eigenvalue weighted by molar-refractivity contribution is 0.484. The predicted octanol–water partition coefficient (Wildman–Crippen LogP) is 6.13. The summed E-state index contributed by atoms with van der Waals surface area (Å²) in [7, 11) is 0. The molecule has 0 amide bonds. The molecule has 0 aromatic heterocycles.